The summed E-state index contributed by atoms with van der Waals surface area (Å²) in [6, 6.07) is 20.1. The molecule has 5 heteroatoms. The molecular formula is C31H38N2O3. The van der Waals surface area contributed by atoms with Crippen molar-refractivity contribution in [1.82, 2.24) is 10.2 Å². The largest absolute Gasteiger partial charge is 0.516 e. The van der Waals surface area contributed by atoms with E-state index in [4.69, 9.17) is 11.5 Å². The third-order valence-corrected chi connectivity index (χ3v) is 6.56. The highest BCUT2D eigenvalue weighted by Crippen LogP contribution is 2.36. The van der Waals surface area contributed by atoms with Crippen LogP contribution < -0.4 is 5.32 Å². The van der Waals surface area contributed by atoms with Gasteiger partial charge in [-0.3, -0.25) is 9.59 Å². The van der Waals surface area contributed by atoms with Gasteiger partial charge in [0, 0.05) is 32.5 Å². The highest BCUT2D eigenvalue weighted by molar-refractivity contribution is 5.89. The lowest BCUT2D eigenvalue weighted by atomic mass is 9.72. The first-order valence-electron chi connectivity index (χ1n) is 12.5. The Kier molecular flexibility index (Phi) is 12.1. The number of amides is 2. The van der Waals surface area contributed by atoms with Crippen molar-refractivity contribution in [2.45, 2.75) is 51.4 Å². The lowest BCUT2D eigenvalue weighted by Gasteiger charge is -2.41. The number of carbonyl (C=O) groups excluding carboxylic acids is 2. The molecular weight excluding hydrogens is 448 g/mol. The van der Waals surface area contributed by atoms with Crippen LogP contribution in [0.1, 0.15) is 50.7 Å². The lowest BCUT2D eigenvalue weighted by molar-refractivity contribution is -0.136. The minimum atomic E-state index is -0.578. The predicted octanol–water partition coefficient (Wildman–Crippen LogP) is 5.34. The van der Waals surface area contributed by atoms with Crippen LogP contribution in [0.25, 0.3) is 0 Å². The van der Waals surface area contributed by atoms with Crippen LogP contribution in [-0.4, -0.2) is 41.5 Å². The van der Waals surface area contributed by atoms with Gasteiger partial charge in [-0.25, -0.2) is 0 Å². The highest BCUT2D eigenvalue weighted by atomic mass is 16.2. The predicted molar refractivity (Wildman–Crippen MR) is 146 cm³/mol. The molecule has 1 saturated heterocycles. The molecule has 3 rings (SSSR count). The van der Waals surface area contributed by atoms with Crippen LogP contribution in [0.3, 0.4) is 0 Å². The lowest BCUT2D eigenvalue weighted by Crippen LogP contribution is -2.53. The van der Waals surface area contributed by atoms with Crippen molar-refractivity contribution in [2.24, 2.45) is 0 Å². The van der Waals surface area contributed by atoms with Crippen LogP contribution in [0.15, 0.2) is 84.7 Å². The summed E-state index contributed by atoms with van der Waals surface area (Å²) in [5, 5.41) is 11.0. The maximum absolute atomic E-state index is 13.3. The van der Waals surface area contributed by atoms with E-state index < -0.39 is 5.41 Å². The van der Waals surface area contributed by atoms with Crippen LogP contribution in [0, 0.1) is 12.3 Å². The molecule has 1 aliphatic heterocycles. The van der Waals surface area contributed by atoms with E-state index in [1.807, 2.05) is 73.4 Å². The van der Waals surface area contributed by atoms with E-state index >= 15 is 0 Å². The van der Waals surface area contributed by atoms with E-state index in [-0.39, 0.29) is 11.8 Å². The molecule has 2 aromatic rings. The van der Waals surface area contributed by atoms with Crippen molar-refractivity contribution in [2.75, 3.05) is 19.6 Å². The molecule has 2 aromatic carbocycles. The smallest absolute Gasteiger partial charge is 0.231 e. The molecule has 0 unspecified atom stereocenters. The van der Waals surface area contributed by atoms with Crippen molar-refractivity contribution < 1.29 is 14.7 Å². The molecule has 1 fully saturated rings. The molecule has 2 N–H and O–H groups in total. The van der Waals surface area contributed by atoms with Gasteiger partial charge in [0.2, 0.25) is 11.8 Å². The number of aliphatic hydroxyl groups is 1. The molecule has 0 saturated carbocycles. The number of nitrogens with zero attached hydrogens (tertiary/aromatic N) is 1. The summed E-state index contributed by atoms with van der Waals surface area (Å²) in [4.78, 5) is 28.0. The van der Waals surface area contributed by atoms with Gasteiger partial charge in [0.25, 0.3) is 0 Å². The van der Waals surface area contributed by atoms with Crippen molar-refractivity contribution in [3.05, 3.63) is 95.8 Å². The summed E-state index contributed by atoms with van der Waals surface area (Å²) in [5.41, 5.74) is 2.78. The first-order chi connectivity index (χ1) is 17.5. The number of hydrogen-bond donors (Lipinski definition) is 2. The standard InChI is InChI=1S/C26H32N2O2.C5H6O/c1-3-21(2)20-27-25(30)26(23-12-8-5-9-13-23)16-18-28(19-17-26)24(29)15-14-22-10-6-4-7-11-22;1-2-3-4-5-6/h3-13H,14-20H2,1-2H3,(H,27,30);1,4-6H,3H2/b21-3+;5-4+. The highest BCUT2D eigenvalue weighted by Gasteiger charge is 2.43. The molecule has 0 aromatic heterocycles. The van der Waals surface area contributed by atoms with E-state index in [1.165, 1.54) is 11.6 Å². The molecule has 0 radical (unpaired) electrons. The van der Waals surface area contributed by atoms with Gasteiger partial charge in [0.05, 0.1) is 11.7 Å². The molecule has 0 aliphatic carbocycles. The Hall–Kier alpha value is -3.78. The molecule has 0 spiro atoms. The van der Waals surface area contributed by atoms with Gasteiger partial charge >= 0.3 is 0 Å². The number of aliphatic hydroxyl groups excluding tert-OH is 1. The Bertz CT molecular complexity index is 1040. The number of rotatable bonds is 8. The third-order valence-electron chi connectivity index (χ3n) is 6.56. The Labute approximate surface area is 215 Å². The van der Waals surface area contributed by atoms with Crippen LogP contribution >= 0.6 is 0 Å². The van der Waals surface area contributed by atoms with Crippen LogP contribution in [0.2, 0.25) is 0 Å². The minimum absolute atomic E-state index is 0.0614. The van der Waals surface area contributed by atoms with Crippen LogP contribution in [0.5, 0.6) is 0 Å². The van der Waals surface area contributed by atoms with Gasteiger partial charge in [-0.1, -0.05) is 72.3 Å². The van der Waals surface area contributed by atoms with E-state index in [0.29, 0.717) is 45.3 Å². The Morgan fingerprint density at radius 2 is 1.69 bits per heavy atom. The summed E-state index contributed by atoms with van der Waals surface area (Å²) in [6.45, 7) is 5.78. The summed E-state index contributed by atoms with van der Waals surface area (Å²) in [7, 11) is 0. The fourth-order valence-electron chi connectivity index (χ4n) is 4.21. The topological polar surface area (TPSA) is 69.6 Å². The fourth-order valence-corrected chi connectivity index (χ4v) is 4.21. The number of allylic oxidation sites excluding steroid dienone is 2. The Morgan fingerprint density at radius 3 is 2.22 bits per heavy atom. The summed E-state index contributed by atoms with van der Waals surface area (Å²) in [6.07, 6.45) is 12.3. The van der Waals surface area contributed by atoms with E-state index in [0.717, 1.165) is 23.8 Å². The van der Waals surface area contributed by atoms with Crippen molar-refractivity contribution in [1.29, 1.82) is 0 Å². The van der Waals surface area contributed by atoms with Crippen LogP contribution in [0.4, 0.5) is 0 Å². The Balaban J connectivity index is 0.000000678. The van der Waals surface area contributed by atoms with Gasteiger partial charge in [0.15, 0.2) is 0 Å². The molecule has 190 valence electrons. The molecule has 1 heterocycles. The number of likely N-dealkylation sites (tertiary alicyclic amines) is 1. The number of piperidine rings is 1. The van der Waals surface area contributed by atoms with E-state index in [1.54, 1.807) is 0 Å². The van der Waals surface area contributed by atoms with Gasteiger partial charge in [-0.05, 0) is 50.3 Å². The normalized spacial score (nSPS) is 14.9. The zero-order chi connectivity index (χ0) is 26.2. The van der Waals surface area contributed by atoms with Gasteiger partial charge < -0.3 is 15.3 Å². The molecule has 1 aliphatic rings. The molecule has 5 nitrogen and oxygen atoms in total. The second kappa shape index (κ2) is 15.3. The average Bonchev–Trinajstić information content (AvgIpc) is 2.94. The molecule has 36 heavy (non-hydrogen) atoms. The van der Waals surface area contributed by atoms with Crippen LogP contribution in [-0.2, 0) is 21.4 Å². The van der Waals surface area contributed by atoms with Gasteiger partial charge in [0.1, 0.15) is 0 Å². The maximum Gasteiger partial charge on any atom is 0.231 e. The number of carbonyl (C=O) groups is 2. The van der Waals surface area contributed by atoms with Gasteiger partial charge in [-0.2, -0.15) is 0 Å². The number of hydrogen-bond acceptors (Lipinski definition) is 3. The fraction of sp³-hybridized carbons (Fsp3) is 0.355. The van der Waals surface area contributed by atoms with Crippen molar-refractivity contribution in [3.8, 4) is 12.3 Å². The summed E-state index contributed by atoms with van der Waals surface area (Å²) in [5.74, 6) is 2.56. The second-order valence-electron chi connectivity index (χ2n) is 8.93. The minimum Gasteiger partial charge on any atom is -0.516 e. The van der Waals surface area contributed by atoms with Crippen molar-refractivity contribution in [3.63, 3.8) is 0 Å². The Morgan fingerprint density at radius 1 is 1.08 bits per heavy atom. The number of benzene rings is 2. The van der Waals surface area contributed by atoms with Crippen molar-refractivity contribution >= 4 is 11.8 Å². The third kappa shape index (κ3) is 8.46. The first-order valence-corrected chi connectivity index (χ1v) is 12.5. The monoisotopic (exact) mass is 486 g/mol. The van der Waals surface area contributed by atoms with E-state index in [2.05, 4.69) is 23.4 Å². The summed E-state index contributed by atoms with van der Waals surface area (Å²) < 4.78 is 0. The number of nitrogens with one attached hydrogen (secondary N) is 1. The first kappa shape index (κ1) is 28.5. The molecule has 0 bridgehead atoms. The quantitative estimate of drug-likeness (QED) is 0.300. The molecule has 0 atom stereocenters. The average molecular weight is 487 g/mol. The van der Waals surface area contributed by atoms with E-state index in [9.17, 15) is 9.59 Å². The second-order valence-corrected chi connectivity index (χ2v) is 8.93. The summed E-state index contributed by atoms with van der Waals surface area (Å²) >= 11 is 0. The SMILES string of the molecule is C#CC/C=C/O.C/C=C(\C)CNC(=O)C1(c2ccccc2)CCN(C(=O)CCc2ccccc2)CC1. The number of aryl methyl sites for hydroxylation is 1. The molecule has 2 amide bonds. The number of terminal acetylenes is 1. The maximum atomic E-state index is 13.3. The zero-order valence-electron chi connectivity index (χ0n) is 21.5. The zero-order valence-corrected chi connectivity index (χ0v) is 21.5. The van der Waals surface area contributed by atoms with Gasteiger partial charge in [-0.15, -0.1) is 12.3 Å².